The van der Waals surface area contributed by atoms with Crippen LogP contribution in [0.25, 0.3) is 0 Å². The molecule has 2 aliphatic rings. The van der Waals surface area contributed by atoms with Crippen molar-refractivity contribution >= 4 is 5.69 Å². The average Bonchev–Trinajstić information content (AvgIpc) is 3.55. The lowest BCUT2D eigenvalue weighted by Crippen LogP contribution is -2.58. The molecule has 2 aliphatic heterocycles. The van der Waals surface area contributed by atoms with E-state index in [1.807, 2.05) is 54.6 Å². The smallest absolute Gasteiger partial charge is 0.370 e. The van der Waals surface area contributed by atoms with Crippen LogP contribution in [-0.4, -0.2) is 60.9 Å². The summed E-state index contributed by atoms with van der Waals surface area (Å²) in [6.07, 6.45) is -2.90. The summed E-state index contributed by atoms with van der Waals surface area (Å²) in [6, 6.07) is 33.0. The highest BCUT2D eigenvalue weighted by atomic mass is 19.4. The summed E-state index contributed by atoms with van der Waals surface area (Å²) >= 11 is 0. The van der Waals surface area contributed by atoms with Crippen LogP contribution in [0.4, 0.5) is 18.9 Å². The number of alkyl halides is 3. The molecular formula is C37H40F3N3O3. The van der Waals surface area contributed by atoms with Gasteiger partial charge in [-0.3, -0.25) is 4.90 Å². The Balaban J connectivity index is 1.16. The van der Waals surface area contributed by atoms with Gasteiger partial charge in [0.2, 0.25) is 0 Å². The number of likely N-dealkylation sites (tertiary alicyclic amines) is 1. The summed E-state index contributed by atoms with van der Waals surface area (Å²) < 4.78 is 59.0. The summed E-state index contributed by atoms with van der Waals surface area (Å²) in [5, 5.41) is 0. The van der Waals surface area contributed by atoms with Crippen molar-refractivity contribution in [2.45, 2.75) is 50.7 Å². The molecule has 0 aliphatic carbocycles. The molecule has 0 saturated carbocycles. The Kier molecular flexibility index (Phi) is 10.7. The van der Waals surface area contributed by atoms with E-state index in [4.69, 9.17) is 14.2 Å². The summed E-state index contributed by atoms with van der Waals surface area (Å²) in [7, 11) is 0. The number of nitrogens with zero attached hydrogens (tertiary/aromatic N) is 3. The minimum Gasteiger partial charge on any atom is -0.370 e. The van der Waals surface area contributed by atoms with Gasteiger partial charge in [-0.05, 0) is 41.2 Å². The van der Waals surface area contributed by atoms with E-state index in [0.717, 1.165) is 54.5 Å². The molecule has 6 nitrogen and oxygen atoms in total. The van der Waals surface area contributed by atoms with E-state index >= 15 is 0 Å². The molecule has 0 spiro atoms. The quantitative estimate of drug-likeness (QED) is 0.168. The fourth-order valence-electron chi connectivity index (χ4n) is 6.33. The molecule has 1 aromatic heterocycles. The zero-order chi connectivity index (χ0) is 31.8. The Labute approximate surface area is 268 Å². The number of benzene rings is 3. The van der Waals surface area contributed by atoms with E-state index in [0.29, 0.717) is 38.8 Å². The van der Waals surface area contributed by atoms with Crippen LogP contribution < -0.4 is 4.90 Å². The van der Waals surface area contributed by atoms with Crippen LogP contribution in [0.5, 0.6) is 0 Å². The number of ether oxygens (including phenoxy) is 3. The van der Waals surface area contributed by atoms with Crippen LogP contribution in [0.1, 0.15) is 28.8 Å². The van der Waals surface area contributed by atoms with Crippen molar-refractivity contribution in [2.75, 3.05) is 37.6 Å². The van der Waals surface area contributed by atoms with E-state index in [1.165, 1.54) is 12.3 Å². The van der Waals surface area contributed by atoms with Crippen molar-refractivity contribution < 1.29 is 27.4 Å². The van der Waals surface area contributed by atoms with Crippen LogP contribution in [0.3, 0.4) is 0 Å². The largest absolute Gasteiger partial charge is 0.433 e. The van der Waals surface area contributed by atoms with Crippen molar-refractivity contribution in [1.82, 2.24) is 9.88 Å². The van der Waals surface area contributed by atoms with E-state index in [9.17, 15) is 13.2 Å². The molecule has 242 valence electrons. The van der Waals surface area contributed by atoms with E-state index in [1.54, 1.807) is 0 Å². The minimum absolute atomic E-state index is 0.227. The first-order chi connectivity index (χ1) is 22.4. The number of rotatable bonds is 12. The fourth-order valence-corrected chi connectivity index (χ4v) is 6.33. The zero-order valence-electron chi connectivity index (χ0n) is 25.8. The monoisotopic (exact) mass is 631 g/mol. The highest BCUT2D eigenvalue weighted by molar-refractivity contribution is 5.46. The van der Waals surface area contributed by atoms with Crippen molar-refractivity contribution in [3.8, 4) is 0 Å². The van der Waals surface area contributed by atoms with Gasteiger partial charge in [0.05, 0.1) is 43.9 Å². The highest BCUT2D eigenvalue weighted by Crippen LogP contribution is 2.31. The molecule has 2 saturated heterocycles. The maximum atomic E-state index is 13.0. The second-order valence-corrected chi connectivity index (χ2v) is 12.1. The number of hydrogen-bond acceptors (Lipinski definition) is 6. The van der Waals surface area contributed by atoms with Crippen molar-refractivity contribution in [3.63, 3.8) is 0 Å². The first-order valence-electron chi connectivity index (χ1n) is 15.9. The molecule has 0 amide bonds. The van der Waals surface area contributed by atoms with Gasteiger partial charge in [0.15, 0.2) is 0 Å². The standard InChI is InChI=1S/C37H40F3N3O3/c38-37(39,40)35-17-16-32(20-41-35)43-19-18-31(22-43)21-42-23-33(44-25-28-10-4-1-5-11-28)36(46-27-30-14-8-3-9-15-30)34(24-42)45-26-29-12-6-2-7-13-29/h1-17,20,31,33-34,36H,18-19,21-27H2/t31-,33-,34+,36?/m1/s1. The molecule has 4 atom stereocenters. The van der Waals surface area contributed by atoms with Gasteiger partial charge in [0, 0.05) is 32.7 Å². The van der Waals surface area contributed by atoms with E-state index in [2.05, 4.69) is 51.2 Å². The van der Waals surface area contributed by atoms with Gasteiger partial charge in [-0.15, -0.1) is 0 Å². The van der Waals surface area contributed by atoms with Gasteiger partial charge in [-0.2, -0.15) is 13.2 Å². The molecule has 46 heavy (non-hydrogen) atoms. The van der Waals surface area contributed by atoms with Crippen LogP contribution in [0.2, 0.25) is 0 Å². The van der Waals surface area contributed by atoms with Gasteiger partial charge in [0.1, 0.15) is 11.8 Å². The number of halogens is 3. The third kappa shape index (κ3) is 8.73. The number of aromatic nitrogens is 1. The van der Waals surface area contributed by atoms with Gasteiger partial charge >= 0.3 is 6.18 Å². The molecule has 0 radical (unpaired) electrons. The third-order valence-corrected chi connectivity index (χ3v) is 8.71. The Morgan fingerprint density at radius 1 is 0.652 bits per heavy atom. The highest BCUT2D eigenvalue weighted by Gasteiger charge is 2.40. The Hall–Kier alpha value is -3.76. The topological polar surface area (TPSA) is 47.1 Å². The summed E-state index contributed by atoms with van der Waals surface area (Å²) in [4.78, 5) is 8.20. The summed E-state index contributed by atoms with van der Waals surface area (Å²) in [6.45, 7) is 5.12. The predicted molar refractivity (Wildman–Crippen MR) is 171 cm³/mol. The van der Waals surface area contributed by atoms with Gasteiger partial charge < -0.3 is 19.1 Å². The van der Waals surface area contributed by atoms with Crippen LogP contribution in [-0.2, 0) is 40.2 Å². The minimum atomic E-state index is -4.44. The van der Waals surface area contributed by atoms with Crippen LogP contribution >= 0.6 is 0 Å². The molecule has 3 aromatic carbocycles. The lowest BCUT2D eigenvalue weighted by atomic mass is 9.98. The first-order valence-corrected chi connectivity index (χ1v) is 15.9. The Morgan fingerprint density at radius 2 is 1.17 bits per heavy atom. The van der Waals surface area contributed by atoms with Crippen molar-refractivity contribution in [1.29, 1.82) is 0 Å². The normalized spacial score (nSPS) is 22.3. The predicted octanol–water partition coefficient (Wildman–Crippen LogP) is 7.00. The lowest BCUT2D eigenvalue weighted by Gasteiger charge is -2.44. The van der Waals surface area contributed by atoms with E-state index < -0.39 is 11.9 Å². The van der Waals surface area contributed by atoms with Crippen LogP contribution in [0, 0.1) is 5.92 Å². The molecule has 1 unspecified atom stereocenters. The van der Waals surface area contributed by atoms with Gasteiger partial charge in [-0.25, -0.2) is 4.98 Å². The Morgan fingerprint density at radius 3 is 1.65 bits per heavy atom. The number of pyridine rings is 1. The second-order valence-electron chi connectivity index (χ2n) is 12.1. The summed E-state index contributed by atoms with van der Waals surface area (Å²) in [5.41, 5.74) is 3.14. The molecule has 9 heteroatoms. The number of hydrogen-bond donors (Lipinski definition) is 0. The molecule has 0 bridgehead atoms. The average molecular weight is 632 g/mol. The Bertz CT molecular complexity index is 1420. The SMILES string of the molecule is FC(F)(F)c1ccc(N2CC[C@H](CN3C[C@H](OCc4ccccc4)C(OCc4ccccc4)[C@H](OCc4ccccc4)C3)C2)cn1. The molecule has 3 heterocycles. The molecule has 2 fully saturated rings. The molecule has 6 rings (SSSR count). The van der Waals surface area contributed by atoms with E-state index in [-0.39, 0.29) is 18.3 Å². The van der Waals surface area contributed by atoms with Crippen LogP contribution in [0.15, 0.2) is 109 Å². The van der Waals surface area contributed by atoms with Crippen molar-refractivity contribution in [3.05, 3.63) is 132 Å². The number of piperidine rings is 1. The van der Waals surface area contributed by atoms with Gasteiger partial charge in [0.25, 0.3) is 0 Å². The first kappa shape index (κ1) is 32.2. The van der Waals surface area contributed by atoms with Crippen molar-refractivity contribution in [2.24, 2.45) is 5.92 Å². The molecular weight excluding hydrogens is 591 g/mol. The zero-order valence-corrected chi connectivity index (χ0v) is 25.8. The lowest BCUT2D eigenvalue weighted by molar-refractivity contribution is -0.185. The third-order valence-electron chi connectivity index (χ3n) is 8.71. The second kappa shape index (κ2) is 15.2. The number of anilines is 1. The molecule has 0 N–H and O–H groups in total. The van der Waals surface area contributed by atoms with Gasteiger partial charge in [-0.1, -0.05) is 91.0 Å². The summed E-state index contributed by atoms with van der Waals surface area (Å²) in [5.74, 6) is 0.341. The maximum Gasteiger partial charge on any atom is 0.433 e. The maximum absolute atomic E-state index is 13.0. The molecule has 4 aromatic rings. The fraction of sp³-hybridized carbons (Fsp3) is 0.378.